The van der Waals surface area contributed by atoms with Gasteiger partial charge in [0.2, 0.25) is 0 Å². The van der Waals surface area contributed by atoms with Gasteiger partial charge < -0.3 is 19.6 Å². The third-order valence-corrected chi connectivity index (χ3v) is 4.20. The van der Waals surface area contributed by atoms with Crippen molar-refractivity contribution >= 4 is 17.3 Å². The fourth-order valence-electron chi connectivity index (χ4n) is 2.78. The Balaban J connectivity index is 1.83. The number of anilines is 1. The lowest BCUT2D eigenvalue weighted by Crippen LogP contribution is -2.12. The van der Waals surface area contributed by atoms with Crippen molar-refractivity contribution in [3.05, 3.63) is 75.5 Å². The molecule has 2 aromatic carbocycles. The van der Waals surface area contributed by atoms with E-state index in [0.717, 1.165) is 0 Å². The number of carbonyl (C=O) groups excluding carboxylic acids is 1. The Hall–Kier alpha value is -3.65. The summed E-state index contributed by atoms with van der Waals surface area (Å²) in [6.07, 6.45) is 0. The second-order valence-corrected chi connectivity index (χ2v) is 6.05. The molecule has 0 aliphatic carbocycles. The molecule has 0 saturated heterocycles. The van der Waals surface area contributed by atoms with Crippen LogP contribution in [0.5, 0.6) is 5.75 Å². The van der Waals surface area contributed by atoms with Crippen LogP contribution in [0.15, 0.2) is 52.9 Å². The van der Waals surface area contributed by atoms with Crippen LogP contribution in [0.1, 0.15) is 21.7 Å². The van der Waals surface area contributed by atoms with Gasteiger partial charge in [-0.25, -0.2) is 0 Å². The van der Waals surface area contributed by atoms with E-state index in [-0.39, 0.29) is 12.3 Å². The first kappa shape index (κ1) is 19.1. The topological polar surface area (TPSA) is 115 Å². The number of aliphatic hydroxyl groups excluding tert-OH is 1. The number of aryl methyl sites for hydroxylation is 1. The maximum atomic E-state index is 12.5. The summed E-state index contributed by atoms with van der Waals surface area (Å²) in [5.41, 5.74) is 1.85. The second-order valence-electron chi connectivity index (χ2n) is 6.05. The van der Waals surface area contributed by atoms with E-state index in [4.69, 9.17) is 14.3 Å². The van der Waals surface area contributed by atoms with Gasteiger partial charge in [-0.15, -0.1) is 0 Å². The number of carbonyl (C=O) groups is 1. The molecule has 0 saturated carbocycles. The van der Waals surface area contributed by atoms with Crippen LogP contribution in [-0.2, 0) is 6.61 Å². The Morgan fingerprint density at radius 1 is 1.21 bits per heavy atom. The zero-order valence-corrected chi connectivity index (χ0v) is 15.3. The van der Waals surface area contributed by atoms with E-state index in [1.807, 2.05) is 0 Å². The molecule has 0 fully saturated rings. The van der Waals surface area contributed by atoms with Crippen molar-refractivity contribution in [2.75, 3.05) is 12.4 Å². The molecule has 28 heavy (non-hydrogen) atoms. The predicted octanol–water partition coefficient (Wildman–Crippen LogP) is 3.92. The summed E-state index contributed by atoms with van der Waals surface area (Å²) in [4.78, 5) is 22.9. The standard InChI is InChI=1S/C20H18N2O6/c1-12-9-13(3-7-17(12)22(25)26)20(24)21-14-4-6-16(19(10-14)27-2)18-8-5-15(11-23)28-18/h3-10,23H,11H2,1-2H3,(H,21,24). The van der Waals surface area contributed by atoms with Crippen LogP contribution in [0, 0.1) is 17.0 Å². The van der Waals surface area contributed by atoms with Crippen molar-refractivity contribution in [3.8, 4) is 17.1 Å². The largest absolute Gasteiger partial charge is 0.496 e. The Labute approximate surface area is 160 Å². The molecule has 3 rings (SSSR count). The van der Waals surface area contributed by atoms with Crippen molar-refractivity contribution in [3.63, 3.8) is 0 Å². The molecule has 2 N–H and O–H groups in total. The van der Waals surface area contributed by atoms with E-state index < -0.39 is 10.8 Å². The zero-order valence-electron chi connectivity index (χ0n) is 15.3. The van der Waals surface area contributed by atoms with Crippen LogP contribution in [0.2, 0.25) is 0 Å². The van der Waals surface area contributed by atoms with Crippen LogP contribution in [0.25, 0.3) is 11.3 Å². The second kappa shape index (κ2) is 7.93. The summed E-state index contributed by atoms with van der Waals surface area (Å²) in [5, 5.41) is 22.8. The van der Waals surface area contributed by atoms with E-state index in [1.165, 1.54) is 25.3 Å². The average molecular weight is 382 g/mol. The third kappa shape index (κ3) is 3.86. The normalized spacial score (nSPS) is 10.5. The highest BCUT2D eigenvalue weighted by Gasteiger charge is 2.16. The summed E-state index contributed by atoms with van der Waals surface area (Å²) in [7, 11) is 1.50. The fraction of sp³-hybridized carbons (Fsp3) is 0.150. The molecular weight excluding hydrogens is 364 g/mol. The molecule has 3 aromatic rings. The molecule has 8 heteroatoms. The minimum absolute atomic E-state index is 0.0386. The lowest BCUT2D eigenvalue weighted by atomic mass is 10.1. The van der Waals surface area contributed by atoms with Gasteiger partial charge in [0.25, 0.3) is 11.6 Å². The van der Waals surface area contributed by atoms with Crippen LogP contribution in [0.3, 0.4) is 0 Å². The van der Waals surface area contributed by atoms with Gasteiger partial charge in [-0.3, -0.25) is 14.9 Å². The third-order valence-electron chi connectivity index (χ3n) is 4.20. The number of furan rings is 1. The number of nitrogens with zero attached hydrogens (tertiary/aromatic N) is 1. The van der Waals surface area contributed by atoms with Crippen LogP contribution in [0.4, 0.5) is 11.4 Å². The number of hydrogen-bond acceptors (Lipinski definition) is 6. The number of ether oxygens (including phenoxy) is 1. The maximum Gasteiger partial charge on any atom is 0.272 e. The highest BCUT2D eigenvalue weighted by molar-refractivity contribution is 6.04. The number of methoxy groups -OCH3 is 1. The summed E-state index contributed by atoms with van der Waals surface area (Å²) in [6.45, 7) is 1.38. The molecule has 1 amide bonds. The van der Waals surface area contributed by atoms with Gasteiger partial charge >= 0.3 is 0 Å². The van der Waals surface area contributed by atoms with E-state index in [0.29, 0.717) is 39.6 Å². The van der Waals surface area contributed by atoms with Crippen molar-refractivity contribution < 1.29 is 24.0 Å². The zero-order chi connectivity index (χ0) is 20.3. The van der Waals surface area contributed by atoms with Crippen molar-refractivity contribution in [1.82, 2.24) is 0 Å². The van der Waals surface area contributed by atoms with Crippen molar-refractivity contribution in [2.24, 2.45) is 0 Å². The lowest BCUT2D eigenvalue weighted by molar-refractivity contribution is -0.385. The van der Waals surface area contributed by atoms with Crippen LogP contribution < -0.4 is 10.1 Å². The quantitative estimate of drug-likeness (QED) is 0.493. The molecule has 0 radical (unpaired) electrons. The van der Waals surface area contributed by atoms with Crippen LogP contribution in [-0.4, -0.2) is 23.0 Å². The summed E-state index contributed by atoms with van der Waals surface area (Å²) < 4.78 is 10.9. The molecular formula is C20H18N2O6. The predicted molar refractivity (Wildman–Crippen MR) is 102 cm³/mol. The molecule has 0 bridgehead atoms. The molecule has 1 aromatic heterocycles. The first-order valence-corrected chi connectivity index (χ1v) is 8.37. The van der Waals surface area contributed by atoms with E-state index in [9.17, 15) is 14.9 Å². The monoisotopic (exact) mass is 382 g/mol. The van der Waals surface area contributed by atoms with Crippen molar-refractivity contribution in [2.45, 2.75) is 13.5 Å². The van der Waals surface area contributed by atoms with Crippen LogP contribution >= 0.6 is 0 Å². The van der Waals surface area contributed by atoms with E-state index in [1.54, 1.807) is 37.3 Å². The first-order valence-electron chi connectivity index (χ1n) is 8.37. The van der Waals surface area contributed by atoms with Gasteiger partial charge in [0.05, 0.1) is 17.6 Å². The number of rotatable bonds is 6. The summed E-state index contributed by atoms with van der Waals surface area (Å²) >= 11 is 0. The van der Waals surface area contributed by atoms with E-state index >= 15 is 0 Å². The van der Waals surface area contributed by atoms with Crippen molar-refractivity contribution in [1.29, 1.82) is 0 Å². The number of benzene rings is 2. The minimum Gasteiger partial charge on any atom is -0.496 e. The summed E-state index contributed by atoms with van der Waals surface area (Å²) in [6, 6.07) is 12.6. The SMILES string of the molecule is COc1cc(NC(=O)c2ccc([N+](=O)[O-])c(C)c2)ccc1-c1ccc(CO)o1. The molecule has 0 atom stereocenters. The van der Waals surface area contributed by atoms with Gasteiger partial charge in [0.1, 0.15) is 23.9 Å². The maximum absolute atomic E-state index is 12.5. The Morgan fingerprint density at radius 3 is 2.61 bits per heavy atom. The van der Waals surface area contributed by atoms with E-state index in [2.05, 4.69) is 5.32 Å². The van der Waals surface area contributed by atoms with Gasteiger partial charge in [-0.2, -0.15) is 0 Å². The Kier molecular flexibility index (Phi) is 5.42. The average Bonchev–Trinajstić information content (AvgIpc) is 3.16. The first-order chi connectivity index (χ1) is 13.4. The number of amides is 1. The molecule has 144 valence electrons. The smallest absolute Gasteiger partial charge is 0.272 e. The lowest BCUT2D eigenvalue weighted by Gasteiger charge is -2.11. The van der Waals surface area contributed by atoms with Gasteiger partial charge in [-0.05, 0) is 43.3 Å². The Bertz CT molecular complexity index is 1040. The highest BCUT2D eigenvalue weighted by atomic mass is 16.6. The molecule has 0 unspecified atom stereocenters. The molecule has 1 heterocycles. The van der Waals surface area contributed by atoms with Gasteiger partial charge in [-0.1, -0.05) is 0 Å². The number of aliphatic hydroxyl groups is 1. The molecule has 8 nitrogen and oxygen atoms in total. The fourth-order valence-corrected chi connectivity index (χ4v) is 2.78. The molecule has 0 spiro atoms. The minimum atomic E-state index is -0.489. The molecule has 0 aliphatic heterocycles. The molecule has 0 aliphatic rings. The highest BCUT2D eigenvalue weighted by Crippen LogP contribution is 2.34. The Morgan fingerprint density at radius 2 is 2.00 bits per heavy atom. The van der Waals surface area contributed by atoms with Gasteiger partial charge in [0, 0.05) is 28.9 Å². The number of nitro groups is 1. The summed E-state index contributed by atoms with van der Waals surface area (Å²) in [5.74, 6) is 1.05. The van der Waals surface area contributed by atoms with Gasteiger partial charge in [0.15, 0.2) is 0 Å². The number of nitrogens with one attached hydrogen (secondary N) is 1. The number of nitro benzene ring substituents is 1. The number of hydrogen-bond donors (Lipinski definition) is 2.